The van der Waals surface area contributed by atoms with E-state index in [2.05, 4.69) is 5.32 Å². The Hall–Kier alpha value is -1.78. The van der Waals surface area contributed by atoms with Gasteiger partial charge in [-0.3, -0.25) is 9.59 Å². The van der Waals surface area contributed by atoms with Crippen molar-refractivity contribution >= 4 is 11.8 Å². The lowest BCUT2D eigenvalue weighted by molar-refractivity contribution is -0.141. The van der Waals surface area contributed by atoms with Crippen LogP contribution >= 0.6 is 0 Å². The Morgan fingerprint density at radius 3 is 2.55 bits per heavy atom. The van der Waals surface area contributed by atoms with Crippen LogP contribution in [0, 0.1) is 23.7 Å². The monoisotopic (exact) mass is 304 g/mol. The van der Waals surface area contributed by atoms with Crippen LogP contribution in [0.3, 0.4) is 0 Å². The van der Waals surface area contributed by atoms with Gasteiger partial charge in [-0.15, -0.1) is 0 Å². The van der Waals surface area contributed by atoms with Gasteiger partial charge < -0.3 is 14.6 Å². The summed E-state index contributed by atoms with van der Waals surface area (Å²) in [4.78, 5) is 26.7. The van der Waals surface area contributed by atoms with Crippen LogP contribution in [0.1, 0.15) is 32.4 Å². The summed E-state index contributed by atoms with van der Waals surface area (Å²) in [5.41, 5.74) is 0. The van der Waals surface area contributed by atoms with E-state index < -0.39 is 0 Å². The number of nitrogens with zero attached hydrogens (tertiary/aromatic N) is 1. The molecule has 3 rings (SSSR count). The second kappa shape index (κ2) is 6.15. The molecule has 2 fully saturated rings. The van der Waals surface area contributed by atoms with Crippen molar-refractivity contribution in [2.75, 3.05) is 13.1 Å². The molecule has 1 aliphatic heterocycles. The summed E-state index contributed by atoms with van der Waals surface area (Å²) < 4.78 is 5.25. The van der Waals surface area contributed by atoms with Crippen molar-refractivity contribution in [2.24, 2.45) is 23.7 Å². The molecule has 5 heteroatoms. The Morgan fingerprint density at radius 1 is 1.32 bits per heavy atom. The van der Waals surface area contributed by atoms with E-state index in [-0.39, 0.29) is 23.7 Å². The van der Waals surface area contributed by atoms with Crippen molar-refractivity contribution in [3.8, 4) is 0 Å². The number of likely N-dealkylation sites (tertiary alicyclic amines) is 1. The van der Waals surface area contributed by atoms with Gasteiger partial charge in [-0.2, -0.15) is 0 Å². The maximum atomic E-state index is 12.5. The smallest absolute Gasteiger partial charge is 0.225 e. The number of hydrogen-bond acceptors (Lipinski definition) is 3. The maximum absolute atomic E-state index is 12.5. The molecule has 2 aliphatic rings. The zero-order valence-electron chi connectivity index (χ0n) is 13.2. The van der Waals surface area contributed by atoms with Crippen LogP contribution in [0.4, 0.5) is 0 Å². The minimum Gasteiger partial charge on any atom is -0.467 e. The average Bonchev–Trinajstić information content (AvgIpc) is 3.10. The predicted molar refractivity (Wildman–Crippen MR) is 81.7 cm³/mol. The number of carbonyl (C=O) groups excluding carboxylic acids is 2. The largest absolute Gasteiger partial charge is 0.467 e. The summed E-state index contributed by atoms with van der Waals surface area (Å²) in [5.74, 6) is 1.78. The minimum absolute atomic E-state index is 0.0312. The quantitative estimate of drug-likeness (QED) is 0.926. The van der Waals surface area contributed by atoms with Crippen molar-refractivity contribution in [2.45, 2.75) is 33.2 Å². The van der Waals surface area contributed by atoms with Crippen LogP contribution in [-0.2, 0) is 16.1 Å². The third-order valence-electron chi connectivity index (χ3n) is 4.96. The first-order chi connectivity index (χ1) is 10.6. The number of amides is 2. The highest BCUT2D eigenvalue weighted by Gasteiger charge is 2.46. The Balaban J connectivity index is 1.60. The third kappa shape index (κ3) is 2.89. The molecule has 0 aromatic carbocycles. The minimum atomic E-state index is 0.0312. The lowest BCUT2D eigenvalue weighted by Crippen LogP contribution is -2.50. The van der Waals surface area contributed by atoms with E-state index >= 15 is 0 Å². The summed E-state index contributed by atoms with van der Waals surface area (Å²) in [6.45, 7) is 5.77. The van der Waals surface area contributed by atoms with Gasteiger partial charge in [0.1, 0.15) is 5.76 Å². The van der Waals surface area contributed by atoms with E-state index in [1.807, 2.05) is 30.9 Å². The molecule has 2 atom stereocenters. The Kier molecular flexibility index (Phi) is 4.23. The highest BCUT2D eigenvalue weighted by molar-refractivity contribution is 5.81. The van der Waals surface area contributed by atoms with E-state index in [1.165, 1.54) is 0 Å². The van der Waals surface area contributed by atoms with Crippen LogP contribution in [0.5, 0.6) is 0 Å². The van der Waals surface area contributed by atoms with Crippen molar-refractivity contribution in [1.29, 1.82) is 0 Å². The molecule has 1 aliphatic carbocycles. The number of fused-ring (bicyclic) bond motifs is 2. The van der Waals surface area contributed by atoms with Gasteiger partial charge in [0.05, 0.1) is 12.8 Å². The van der Waals surface area contributed by atoms with Crippen LogP contribution < -0.4 is 5.32 Å². The zero-order chi connectivity index (χ0) is 15.7. The topological polar surface area (TPSA) is 62.6 Å². The van der Waals surface area contributed by atoms with Gasteiger partial charge in [0, 0.05) is 24.9 Å². The SMILES string of the molecule is CC(C)C(=O)N1CC2CCC(C1)C2C(=O)NCc1ccco1. The number of carbonyl (C=O) groups is 2. The van der Waals surface area contributed by atoms with Crippen molar-refractivity contribution < 1.29 is 14.0 Å². The van der Waals surface area contributed by atoms with Gasteiger partial charge >= 0.3 is 0 Å². The van der Waals surface area contributed by atoms with E-state index in [4.69, 9.17) is 4.42 Å². The number of nitrogens with one attached hydrogen (secondary N) is 1. The second-order valence-corrected chi connectivity index (χ2v) is 6.82. The van der Waals surface area contributed by atoms with Gasteiger partial charge in [0.15, 0.2) is 0 Å². The third-order valence-corrected chi connectivity index (χ3v) is 4.96. The number of hydrogen-bond donors (Lipinski definition) is 1. The van der Waals surface area contributed by atoms with Gasteiger partial charge in [0.25, 0.3) is 0 Å². The molecule has 22 heavy (non-hydrogen) atoms. The van der Waals surface area contributed by atoms with E-state index in [1.54, 1.807) is 6.26 Å². The number of rotatable bonds is 4. The molecule has 5 nitrogen and oxygen atoms in total. The lowest BCUT2D eigenvalue weighted by atomic mass is 9.84. The maximum Gasteiger partial charge on any atom is 0.225 e. The summed E-state index contributed by atoms with van der Waals surface area (Å²) in [7, 11) is 0. The first kappa shape index (κ1) is 15.1. The molecule has 1 aromatic rings. The highest BCUT2D eigenvalue weighted by atomic mass is 16.3. The van der Waals surface area contributed by atoms with Crippen LogP contribution in [0.2, 0.25) is 0 Å². The Bertz CT molecular complexity index is 524. The summed E-state index contributed by atoms with van der Waals surface area (Å²) >= 11 is 0. The van der Waals surface area contributed by atoms with Crippen molar-refractivity contribution in [3.63, 3.8) is 0 Å². The molecule has 2 heterocycles. The molecule has 1 aromatic heterocycles. The summed E-state index contributed by atoms with van der Waals surface area (Å²) in [5, 5.41) is 2.99. The number of piperidine rings is 1. The van der Waals surface area contributed by atoms with Crippen molar-refractivity contribution in [3.05, 3.63) is 24.2 Å². The fourth-order valence-corrected chi connectivity index (χ4v) is 3.90. The molecule has 1 saturated heterocycles. The molecular formula is C17H24N2O3. The van der Waals surface area contributed by atoms with Crippen LogP contribution in [-0.4, -0.2) is 29.8 Å². The Labute approximate surface area is 131 Å². The summed E-state index contributed by atoms with van der Waals surface area (Å²) in [6, 6.07) is 3.68. The van der Waals surface area contributed by atoms with Gasteiger partial charge in [-0.05, 0) is 36.8 Å². The van der Waals surface area contributed by atoms with E-state index in [0.717, 1.165) is 31.7 Å². The number of furan rings is 1. The molecule has 120 valence electrons. The predicted octanol–water partition coefficient (Wildman–Crippen LogP) is 2.04. The molecule has 1 N–H and O–H groups in total. The molecule has 1 saturated carbocycles. The van der Waals surface area contributed by atoms with Crippen LogP contribution in [0.15, 0.2) is 22.8 Å². The zero-order valence-corrected chi connectivity index (χ0v) is 13.2. The Morgan fingerprint density at radius 2 is 2.00 bits per heavy atom. The standard InChI is InChI=1S/C17H24N2O3/c1-11(2)17(21)19-9-12-5-6-13(10-19)15(12)16(20)18-8-14-4-3-7-22-14/h3-4,7,11-13,15H,5-6,8-10H2,1-2H3,(H,18,20). The highest BCUT2D eigenvalue weighted by Crippen LogP contribution is 2.42. The fraction of sp³-hybridized carbons (Fsp3) is 0.647. The van der Waals surface area contributed by atoms with Gasteiger partial charge in [-0.25, -0.2) is 0 Å². The average molecular weight is 304 g/mol. The second-order valence-electron chi connectivity index (χ2n) is 6.82. The molecule has 0 spiro atoms. The molecular weight excluding hydrogens is 280 g/mol. The molecule has 0 radical (unpaired) electrons. The summed E-state index contributed by atoms with van der Waals surface area (Å²) in [6.07, 6.45) is 3.71. The fourth-order valence-electron chi connectivity index (χ4n) is 3.90. The van der Waals surface area contributed by atoms with Crippen molar-refractivity contribution in [1.82, 2.24) is 10.2 Å². The van der Waals surface area contributed by atoms with E-state index in [9.17, 15) is 9.59 Å². The normalized spacial score (nSPS) is 27.2. The first-order valence-corrected chi connectivity index (χ1v) is 8.15. The lowest BCUT2D eigenvalue weighted by Gasteiger charge is -2.38. The molecule has 2 bridgehead atoms. The van der Waals surface area contributed by atoms with Gasteiger partial charge in [-0.1, -0.05) is 13.8 Å². The molecule has 2 amide bonds. The van der Waals surface area contributed by atoms with E-state index in [0.29, 0.717) is 18.4 Å². The first-order valence-electron chi connectivity index (χ1n) is 8.15. The van der Waals surface area contributed by atoms with Crippen LogP contribution in [0.25, 0.3) is 0 Å². The van der Waals surface area contributed by atoms with Gasteiger partial charge in [0.2, 0.25) is 11.8 Å². The molecule has 2 unspecified atom stereocenters.